The summed E-state index contributed by atoms with van der Waals surface area (Å²) >= 11 is 0. The third-order valence-electron chi connectivity index (χ3n) is 4.25. The van der Waals surface area contributed by atoms with Crippen molar-refractivity contribution in [1.29, 1.82) is 0 Å². The van der Waals surface area contributed by atoms with E-state index >= 15 is 0 Å². The van der Waals surface area contributed by atoms with Crippen LogP contribution >= 0.6 is 0 Å². The van der Waals surface area contributed by atoms with Gasteiger partial charge in [-0.25, -0.2) is 0 Å². The highest BCUT2D eigenvalue weighted by Gasteiger charge is 2.21. The standard InChI is InChI=1S/C17H24N2O4/c1-21-14-11-13(12-15-16(14)23-10-9-22-15)17(20)18-5-8-19-6-3-2-4-7-19/h11-12H,2-10H2,1H3,(H,18,20). The first kappa shape index (κ1) is 15.9. The Hall–Kier alpha value is -1.95. The van der Waals surface area contributed by atoms with Gasteiger partial charge < -0.3 is 24.4 Å². The van der Waals surface area contributed by atoms with Crippen LogP contribution in [-0.4, -0.2) is 57.3 Å². The van der Waals surface area contributed by atoms with Gasteiger partial charge in [-0.05, 0) is 38.1 Å². The number of fused-ring (bicyclic) bond motifs is 1. The van der Waals surface area contributed by atoms with Crippen LogP contribution < -0.4 is 19.5 Å². The van der Waals surface area contributed by atoms with E-state index in [2.05, 4.69) is 10.2 Å². The third kappa shape index (κ3) is 3.88. The van der Waals surface area contributed by atoms with Gasteiger partial charge in [0.25, 0.3) is 5.91 Å². The van der Waals surface area contributed by atoms with Crippen LogP contribution in [0.2, 0.25) is 0 Å². The number of nitrogens with one attached hydrogen (secondary N) is 1. The van der Waals surface area contributed by atoms with Crippen LogP contribution in [0, 0.1) is 0 Å². The maximum atomic E-state index is 12.4. The molecule has 2 aliphatic rings. The Bertz CT molecular complexity index is 539. The largest absolute Gasteiger partial charge is 0.493 e. The molecular formula is C17H24N2O4. The molecule has 126 valence electrons. The molecule has 1 aromatic rings. The molecule has 0 saturated carbocycles. The minimum Gasteiger partial charge on any atom is -0.493 e. The Morgan fingerprint density at radius 2 is 2.00 bits per heavy atom. The number of nitrogens with zero attached hydrogens (tertiary/aromatic N) is 1. The van der Waals surface area contributed by atoms with Crippen molar-refractivity contribution in [3.63, 3.8) is 0 Å². The lowest BCUT2D eigenvalue weighted by molar-refractivity contribution is 0.0944. The van der Waals surface area contributed by atoms with Crippen LogP contribution in [0.4, 0.5) is 0 Å². The van der Waals surface area contributed by atoms with E-state index in [0.717, 1.165) is 19.6 Å². The van der Waals surface area contributed by atoms with E-state index in [9.17, 15) is 4.79 Å². The molecule has 0 unspecified atom stereocenters. The monoisotopic (exact) mass is 320 g/mol. The average Bonchev–Trinajstić information content (AvgIpc) is 2.61. The zero-order valence-electron chi connectivity index (χ0n) is 13.6. The van der Waals surface area contributed by atoms with E-state index < -0.39 is 0 Å². The van der Waals surface area contributed by atoms with E-state index in [1.54, 1.807) is 19.2 Å². The number of benzene rings is 1. The van der Waals surface area contributed by atoms with Crippen molar-refractivity contribution in [3.05, 3.63) is 17.7 Å². The van der Waals surface area contributed by atoms with Crippen LogP contribution in [0.5, 0.6) is 17.2 Å². The molecule has 1 saturated heterocycles. The lowest BCUT2D eigenvalue weighted by atomic mass is 10.1. The number of carbonyl (C=O) groups excluding carboxylic acids is 1. The SMILES string of the molecule is COc1cc(C(=O)NCCN2CCCCC2)cc2c1OCCO2. The van der Waals surface area contributed by atoms with Crippen molar-refractivity contribution in [3.8, 4) is 17.2 Å². The fraction of sp³-hybridized carbons (Fsp3) is 0.588. The minimum absolute atomic E-state index is 0.114. The number of hydrogen-bond donors (Lipinski definition) is 1. The maximum Gasteiger partial charge on any atom is 0.251 e. The van der Waals surface area contributed by atoms with E-state index in [0.29, 0.717) is 42.6 Å². The van der Waals surface area contributed by atoms with Crippen molar-refractivity contribution in [2.24, 2.45) is 0 Å². The van der Waals surface area contributed by atoms with E-state index in [4.69, 9.17) is 14.2 Å². The molecule has 0 aromatic heterocycles. The molecule has 0 atom stereocenters. The molecule has 1 aromatic carbocycles. The quantitative estimate of drug-likeness (QED) is 0.894. The van der Waals surface area contributed by atoms with Gasteiger partial charge in [0.05, 0.1) is 7.11 Å². The Morgan fingerprint density at radius 3 is 2.78 bits per heavy atom. The minimum atomic E-state index is -0.114. The van der Waals surface area contributed by atoms with Crippen LogP contribution in [0.25, 0.3) is 0 Å². The Morgan fingerprint density at radius 1 is 1.22 bits per heavy atom. The van der Waals surface area contributed by atoms with Gasteiger partial charge in [-0.1, -0.05) is 6.42 Å². The summed E-state index contributed by atoms with van der Waals surface area (Å²) in [5.74, 6) is 1.56. The first-order valence-electron chi connectivity index (χ1n) is 8.26. The predicted molar refractivity (Wildman–Crippen MR) is 86.6 cm³/mol. The van der Waals surface area contributed by atoms with E-state index in [1.807, 2.05) is 0 Å². The molecule has 1 fully saturated rings. The summed E-state index contributed by atoms with van der Waals surface area (Å²) in [4.78, 5) is 14.8. The molecule has 3 rings (SSSR count). The van der Waals surface area contributed by atoms with Gasteiger partial charge in [-0.15, -0.1) is 0 Å². The summed E-state index contributed by atoms with van der Waals surface area (Å²) in [5.41, 5.74) is 0.532. The van der Waals surface area contributed by atoms with E-state index in [-0.39, 0.29) is 5.91 Å². The molecular weight excluding hydrogens is 296 g/mol. The predicted octanol–water partition coefficient (Wildman–Crippen LogP) is 1.68. The Kier molecular flexibility index (Phi) is 5.23. The van der Waals surface area contributed by atoms with Crippen molar-refractivity contribution in [2.45, 2.75) is 19.3 Å². The van der Waals surface area contributed by atoms with Gasteiger partial charge >= 0.3 is 0 Å². The third-order valence-corrected chi connectivity index (χ3v) is 4.25. The molecule has 2 aliphatic heterocycles. The van der Waals surface area contributed by atoms with Crippen LogP contribution in [0.1, 0.15) is 29.6 Å². The molecule has 0 radical (unpaired) electrons. The fourth-order valence-electron chi connectivity index (χ4n) is 3.02. The summed E-state index contributed by atoms with van der Waals surface area (Å²) in [6.45, 7) is 4.78. The number of methoxy groups -OCH3 is 1. The second kappa shape index (κ2) is 7.55. The zero-order valence-corrected chi connectivity index (χ0v) is 13.6. The van der Waals surface area contributed by atoms with Crippen molar-refractivity contribution < 1.29 is 19.0 Å². The van der Waals surface area contributed by atoms with Crippen LogP contribution in [-0.2, 0) is 0 Å². The molecule has 0 spiro atoms. The summed E-state index contributed by atoms with van der Waals surface area (Å²) < 4.78 is 16.4. The highest BCUT2D eigenvalue weighted by atomic mass is 16.6. The molecule has 0 aliphatic carbocycles. The lowest BCUT2D eigenvalue weighted by Gasteiger charge is -2.26. The molecule has 2 heterocycles. The van der Waals surface area contributed by atoms with E-state index in [1.165, 1.54) is 19.3 Å². The first-order valence-corrected chi connectivity index (χ1v) is 8.26. The zero-order chi connectivity index (χ0) is 16.1. The summed E-state index contributed by atoms with van der Waals surface area (Å²) in [6.07, 6.45) is 3.83. The molecule has 1 N–H and O–H groups in total. The van der Waals surface area contributed by atoms with Crippen LogP contribution in [0.3, 0.4) is 0 Å². The van der Waals surface area contributed by atoms with Crippen molar-refractivity contribution in [2.75, 3.05) is 46.5 Å². The number of amides is 1. The van der Waals surface area contributed by atoms with Crippen molar-refractivity contribution >= 4 is 5.91 Å². The lowest BCUT2D eigenvalue weighted by Crippen LogP contribution is -2.37. The van der Waals surface area contributed by atoms with Gasteiger partial charge in [0.1, 0.15) is 13.2 Å². The Labute approximate surface area is 136 Å². The second-order valence-corrected chi connectivity index (χ2v) is 5.86. The molecule has 1 amide bonds. The topological polar surface area (TPSA) is 60.0 Å². The maximum absolute atomic E-state index is 12.4. The second-order valence-electron chi connectivity index (χ2n) is 5.86. The Balaban J connectivity index is 1.60. The van der Waals surface area contributed by atoms with Gasteiger partial charge in [-0.2, -0.15) is 0 Å². The smallest absolute Gasteiger partial charge is 0.251 e. The molecule has 23 heavy (non-hydrogen) atoms. The van der Waals surface area contributed by atoms with Gasteiger partial charge in [-0.3, -0.25) is 4.79 Å². The molecule has 6 nitrogen and oxygen atoms in total. The highest BCUT2D eigenvalue weighted by molar-refractivity contribution is 5.95. The summed E-state index contributed by atoms with van der Waals surface area (Å²) in [6, 6.07) is 3.41. The summed E-state index contributed by atoms with van der Waals surface area (Å²) in [5, 5.41) is 2.97. The fourth-order valence-corrected chi connectivity index (χ4v) is 3.02. The first-order chi connectivity index (χ1) is 11.3. The van der Waals surface area contributed by atoms with Gasteiger partial charge in [0.2, 0.25) is 5.75 Å². The molecule has 6 heteroatoms. The number of likely N-dealkylation sites (tertiary alicyclic amines) is 1. The van der Waals surface area contributed by atoms with Gasteiger partial charge in [0.15, 0.2) is 11.5 Å². The number of piperidine rings is 1. The number of ether oxygens (including phenoxy) is 3. The number of hydrogen-bond acceptors (Lipinski definition) is 5. The van der Waals surface area contributed by atoms with Crippen LogP contribution in [0.15, 0.2) is 12.1 Å². The summed E-state index contributed by atoms with van der Waals surface area (Å²) in [7, 11) is 1.56. The number of rotatable bonds is 5. The highest BCUT2D eigenvalue weighted by Crippen LogP contribution is 2.40. The molecule has 0 bridgehead atoms. The number of carbonyl (C=O) groups is 1. The van der Waals surface area contributed by atoms with Gasteiger partial charge in [0, 0.05) is 18.7 Å². The average molecular weight is 320 g/mol. The van der Waals surface area contributed by atoms with Crippen molar-refractivity contribution in [1.82, 2.24) is 10.2 Å². The normalized spacial score (nSPS) is 17.6.